The van der Waals surface area contributed by atoms with Crippen molar-refractivity contribution >= 4 is 5.91 Å². The summed E-state index contributed by atoms with van der Waals surface area (Å²) in [7, 11) is 0. The number of carbonyl (C=O) groups is 1. The third-order valence-corrected chi connectivity index (χ3v) is 2.73. The third kappa shape index (κ3) is 3.35. The summed E-state index contributed by atoms with van der Waals surface area (Å²) in [5.41, 5.74) is 9.32. The molecule has 1 aromatic carbocycles. The van der Waals surface area contributed by atoms with Gasteiger partial charge in [-0.3, -0.25) is 4.79 Å². The van der Waals surface area contributed by atoms with E-state index in [0.29, 0.717) is 6.54 Å². The van der Waals surface area contributed by atoms with E-state index >= 15 is 0 Å². The molecular weight excluding hydrogens is 200 g/mol. The molecule has 0 unspecified atom stereocenters. The Labute approximate surface area is 97.0 Å². The fraction of sp³-hybridized carbons (Fsp3) is 0.462. The summed E-state index contributed by atoms with van der Waals surface area (Å²) in [6.45, 7) is 6.52. The Balaban J connectivity index is 2.52. The predicted octanol–water partition coefficient (Wildman–Crippen LogP) is 1.31. The van der Waals surface area contributed by atoms with Crippen molar-refractivity contribution in [2.75, 3.05) is 6.54 Å². The standard InChI is InChI=1S/C13H20N2O/c1-9-5-4-6-10(2)12(9)7-8-15-13(16)11(3)14/h4-6,11H,7-8,14H2,1-3H3,(H,15,16)/t11-/m0/s1. The van der Waals surface area contributed by atoms with Gasteiger partial charge in [0.15, 0.2) is 0 Å². The number of hydrogen-bond donors (Lipinski definition) is 2. The Morgan fingerprint density at radius 1 is 1.38 bits per heavy atom. The van der Waals surface area contributed by atoms with Crippen molar-refractivity contribution in [3.05, 3.63) is 34.9 Å². The maximum Gasteiger partial charge on any atom is 0.236 e. The van der Waals surface area contributed by atoms with E-state index in [9.17, 15) is 4.79 Å². The minimum absolute atomic E-state index is 0.0914. The minimum atomic E-state index is -0.432. The number of aryl methyl sites for hydroxylation is 2. The number of nitrogens with two attached hydrogens (primary N) is 1. The van der Waals surface area contributed by atoms with Crippen molar-refractivity contribution in [3.63, 3.8) is 0 Å². The maximum atomic E-state index is 11.3. The topological polar surface area (TPSA) is 55.1 Å². The van der Waals surface area contributed by atoms with Crippen LogP contribution in [0.25, 0.3) is 0 Å². The fourth-order valence-corrected chi connectivity index (χ4v) is 1.72. The third-order valence-electron chi connectivity index (χ3n) is 2.73. The molecule has 1 amide bonds. The maximum absolute atomic E-state index is 11.3. The lowest BCUT2D eigenvalue weighted by molar-refractivity contribution is -0.121. The smallest absolute Gasteiger partial charge is 0.236 e. The van der Waals surface area contributed by atoms with Crippen molar-refractivity contribution in [1.82, 2.24) is 5.32 Å². The van der Waals surface area contributed by atoms with Crippen LogP contribution in [-0.4, -0.2) is 18.5 Å². The number of carbonyl (C=O) groups excluding carboxylic acids is 1. The van der Waals surface area contributed by atoms with Gasteiger partial charge in [0, 0.05) is 6.54 Å². The highest BCUT2D eigenvalue weighted by Gasteiger charge is 2.07. The molecule has 0 aliphatic rings. The van der Waals surface area contributed by atoms with Crippen molar-refractivity contribution in [1.29, 1.82) is 0 Å². The molecule has 1 atom stereocenters. The van der Waals surface area contributed by atoms with E-state index in [-0.39, 0.29) is 5.91 Å². The van der Waals surface area contributed by atoms with Crippen molar-refractivity contribution < 1.29 is 4.79 Å². The van der Waals surface area contributed by atoms with Crippen LogP contribution in [0, 0.1) is 13.8 Å². The highest BCUT2D eigenvalue weighted by Crippen LogP contribution is 2.13. The second kappa shape index (κ2) is 5.66. The van der Waals surface area contributed by atoms with Gasteiger partial charge in [-0.1, -0.05) is 18.2 Å². The van der Waals surface area contributed by atoms with E-state index in [2.05, 4.69) is 37.4 Å². The fourth-order valence-electron chi connectivity index (χ4n) is 1.72. The van der Waals surface area contributed by atoms with Crippen LogP contribution in [0.5, 0.6) is 0 Å². The molecule has 0 aliphatic carbocycles. The number of benzene rings is 1. The van der Waals surface area contributed by atoms with Gasteiger partial charge in [-0.25, -0.2) is 0 Å². The second-order valence-electron chi connectivity index (χ2n) is 4.20. The van der Waals surface area contributed by atoms with Crippen molar-refractivity contribution in [3.8, 4) is 0 Å². The van der Waals surface area contributed by atoms with Crippen LogP contribution in [0.2, 0.25) is 0 Å². The van der Waals surface area contributed by atoms with Gasteiger partial charge in [-0.05, 0) is 43.9 Å². The Morgan fingerprint density at radius 3 is 2.44 bits per heavy atom. The highest BCUT2D eigenvalue weighted by atomic mass is 16.2. The van der Waals surface area contributed by atoms with E-state index in [1.807, 2.05) is 0 Å². The zero-order valence-electron chi connectivity index (χ0n) is 10.2. The van der Waals surface area contributed by atoms with Crippen LogP contribution >= 0.6 is 0 Å². The average Bonchev–Trinajstić information content (AvgIpc) is 2.22. The average molecular weight is 220 g/mol. The van der Waals surface area contributed by atoms with Gasteiger partial charge < -0.3 is 11.1 Å². The van der Waals surface area contributed by atoms with Crippen LogP contribution < -0.4 is 11.1 Å². The summed E-state index contributed by atoms with van der Waals surface area (Å²) in [6.07, 6.45) is 0.858. The van der Waals surface area contributed by atoms with E-state index in [1.165, 1.54) is 16.7 Å². The lowest BCUT2D eigenvalue weighted by Gasteiger charge is -2.11. The van der Waals surface area contributed by atoms with Gasteiger partial charge in [0.25, 0.3) is 0 Å². The molecule has 3 heteroatoms. The first kappa shape index (κ1) is 12.7. The van der Waals surface area contributed by atoms with Gasteiger partial charge in [0.1, 0.15) is 0 Å². The SMILES string of the molecule is Cc1cccc(C)c1CCNC(=O)[C@H](C)N. The molecule has 0 saturated heterocycles. The molecule has 1 rings (SSSR count). The number of rotatable bonds is 4. The minimum Gasteiger partial charge on any atom is -0.354 e. The molecule has 0 saturated carbocycles. The molecule has 0 radical (unpaired) electrons. The van der Waals surface area contributed by atoms with Gasteiger partial charge in [0.2, 0.25) is 5.91 Å². The van der Waals surface area contributed by atoms with Crippen LogP contribution in [0.3, 0.4) is 0 Å². The molecule has 0 aliphatic heterocycles. The number of nitrogens with one attached hydrogen (secondary N) is 1. The molecule has 88 valence electrons. The van der Waals surface area contributed by atoms with Crippen LogP contribution in [0.1, 0.15) is 23.6 Å². The normalized spacial score (nSPS) is 12.2. The quantitative estimate of drug-likeness (QED) is 0.804. The van der Waals surface area contributed by atoms with Crippen LogP contribution in [-0.2, 0) is 11.2 Å². The Hall–Kier alpha value is -1.35. The lowest BCUT2D eigenvalue weighted by atomic mass is 10.0. The Bertz CT molecular complexity index is 352. The summed E-state index contributed by atoms with van der Waals surface area (Å²) in [5, 5.41) is 2.82. The number of hydrogen-bond acceptors (Lipinski definition) is 2. The molecular formula is C13H20N2O. The van der Waals surface area contributed by atoms with Crippen molar-refractivity contribution in [2.24, 2.45) is 5.73 Å². The first-order chi connectivity index (χ1) is 7.52. The van der Waals surface area contributed by atoms with Crippen molar-refractivity contribution in [2.45, 2.75) is 33.2 Å². The Morgan fingerprint density at radius 2 is 1.94 bits per heavy atom. The van der Waals surface area contributed by atoms with Crippen LogP contribution in [0.15, 0.2) is 18.2 Å². The molecule has 0 heterocycles. The first-order valence-corrected chi connectivity index (χ1v) is 5.60. The second-order valence-corrected chi connectivity index (χ2v) is 4.20. The molecule has 0 spiro atoms. The summed E-state index contributed by atoms with van der Waals surface area (Å²) in [6, 6.07) is 5.80. The summed E-state index contributed by atoms with van der Waals surface area (Å²) in [4.78, 5) is 11.3. The lowest BCUT2D eigenvalue weighted by Crippen LogP contribution is -2.39. The first-order valence-electron chi connectivity index (χ1n) is 5.60. The molecule has 0 fully saturated rings. The van der Waals surface area contributed by atoms with Gasteiger partial charge in [0.05, 0.1) is 6.04 Å². The molecule has 0 aromatic heterocycles. The van der Waals surface area contributed by atoms with Gasteiger partial charge in [-0.15, -0.1) is 0 Å². The molecule has 3 N–H and O–H groups in total. The highest BCUT2D eigenvalue weighted by molar-refractivity contribution is 5.80. The van der Waals surface area contributed by atoms with E-state index < -0.39 is 6.04 Å². The van der Waals surface area contributed by atoms with Gasteiger partial charge >= 0.3 is 0 Å². The monoisotopic (exact) mass is 220 g/mol. The van der Waals surface area contributed by atoms with Gasteiger partial charge in [-0.2, -0.15) is 0 Å². The van der Waals surface area contributed by atoms with E-state index in [1.54, 1.807) is 6.92 Å². The van der Waals surface area contributed by atoms with E-state index in [4.69, 9.17) is 5.73 Å². The molecule has 3 nitrogen and oxygen atoms in total. The summed E-state index contributed by atoms with van der Waals surface area (Å²) in [5.74, 6) is -0.0914. The summed E-state index contributed by atoms with van der Waals surface area (Å²) >= 11 is 0. The largest absolute Gasteiger partial charge is 0.354 e. The number of amides is 1. The zero-order valence-corrected chi connectivity index (χ0v) is 10.2. The molecule has 0 bridgehead atoms. The Kier molecular flexibility index (Phi) is 4.50. The van der Waals surface area contributed by atoms with Crippen LogP contribution in [0.4, 0.5) is 0 Å². The molecule has 16 heavy (non-hydrogen) atoms. The zero-order chi connectivity index (χ0) is 12.1. The van der Waals surface area contributed by atoms with E-state index in [0.717, 1.165) is 6.42 Å². The molecule has 1 aromatic rings. The summed E-state index contributed by atoms with van der Waals surface area (Å²) < 4.78 is 0. The predicted molar refractivity (Wildman–Crippen MR) is 66.3 cm³/mol.